The first-order chi connectivity index (χ1) is 6.15. The van der Waals surface area contributed by atoms with Crippen LogP contribution in [0.4, 0.5) is 0 Å². The predicted molar refractivity (Wildman–Crippen MR) is 54.1 cm³/mol. The van der Waals surface area contributed by atoms with Crippen LogP contribution >= 0.6 is 15.9 Å². The second-order valence-corrected chi connectivity index (χ2v) is 3.74. The summed E-state index contributed by atoms with van der Waals surface area (Å²) in [6.45, 7) is 1.95. The van der Waals surface area contributed by atoms with E-state index in [1.165, 1.54) is 0 Å². The number of rotatable bonds is 2. The Balaban J connectivity index is 2.91. The van der Waals surface area contributed by atoms with E-state index in [1.54, 1.807) is 0 Å². The van der Waals surface area contributed by atoms with Crippen LogP contribution in [0.3, 0.4) is 0 Å². The van der Waals surface area contributed by atoms with E-state index < -0.39 is 6.10 Å². The summed E-state index contributed by atoms with van der Waals surface area (Å²) in [5.74, 6) is 0. The van der Waals surface area contributed by atoms with Crippen molar-refractivity contribution in [1.82, 2.24) is 0 Å². The second kappa shape index (κ2) is 4.40. The fraction of sp³-hybridized carbons (Fsp3) is 0.300. The summed E-state index contributed by atoms with van der Waals surface area (Å²) in [6, 6.07) is 7.52. The highest BCUT2D eigenvalue weighted by atomic mass is 79.9. The lowest BCUT2D eigenvalue weighted by atomic mass is 10.1. The first-order valence-corrected chi connectivity index (χ1v) is 4.75. The highest BCUT2D eigenvalue weighted by Gasteiger charge is 2.07. The normalized spacial score (nSPS) is 12.2. The summed E-state index contributed by atoms with van der Waals surface area (Å²) in [4.78, 5) is 0. The average Bonchev–Trinajstić information content (AvgIpc) is 2.10. The summed E-state index contributed by atoms with van der Waals surface area (Å²) in [7, 11) is 0. The summed E-state index contributed by atoms with van der Waals surface area (Å²) < 4.78 is 1.01. The van der Waals surface area contributed by atoms with Crippen LogP contribution in [-0.4, -0.2) is 5.11 Å². The number of nitrogens with zero attached hydrogens (tertiary/aromatic N) is 1. The van der Waals surface area contributed by atoms with E-state index in [0.717, 1.165) is 15.6 Å². The monoisotopic (exact) mass is 239 g/mol. The molecule has 1 unspecified atom stereocenters. The molecular formula is C10H10BrNO. The molecule has 0 fully saturated rings. The molecule has 0 amide bonds. The molecule has 0 heterocycles. The summed E-state index contributed by atoms with van der Waals surface area (Å²) in [5.41, 5.74) is 1.86. The average molecular weight is 240 g/mol. The zero-order valence-electron chi connectivity index (χ0n) is 7.29. The molecule has 0 saturated heterocycles. The van der Waals surface area contributed by atoms with Crippen LogP contribution in [0.2, 0.25) is 0 Å². The lowest BCUT2D eigenvalue weighted by Crippen LogP contribution is -1.96. The fourth-order valence-electron chi connectivity index (χ4n) is 1.08. The van der Waals surface area contributed by atoms with Gasteiger partial charge in [-0.25, -0.2) is 0 Å². The van der Waals surface area contributed by atoms with Gasteiger partial charge in [-0.15, -0.1) is 0 Å². The Bertz CT molecular complexity index is 343. The van der Waals surface area contributed by atoms with Gasteiger partial charge in [0, 0.05) is 4.47 Å². The molecule has 1 rings (SSSR count). The molecule has 0 saturated carbocycles. The first kappa shape index (κ1) is 10.2. The van der Waals surface area contributed by atoms with Crippen molar-refractivity contribution in [3.63, 3.8) is 0 Å². The molecule has 13 heavy (non-hydrogen) atoms. The van der Waals surface area contributed by atoms with Gasteiger partial charge in [-0.1, -0.05) is 28.1 Å². The van der Waals surface area contributed by atoms with Crippen LogP contribution in [0.1, 0.15) is 23.7 Å². The van der Waals surface area contributed by atoms with E-state index in [1.807, 2.05) is 31.2 Å². The molecule has 3 heteroatoms. The minimum absolute atomic E-state index is 0.140. The third-order valence-electron chi connectivity index (χ3n) is 1.85. The molecule has 1 N–H and O–H groups in total. The molecule has 0 aliphatic rings. The van der Waals surface area contributed by atoms with Gasteiger partial charge in [-0.3, -0.25) is 0 Å². The molecule has 1 aromatic rings. The van der Waals surface area contributed by atoms with Crippen molar-refractivity contribution in [3.05, 3.63) is 33.8 Å². The fourth-order valence-corrected chi connectivity index (χ4v) is 1.33. The smallest absolute Gasteiger partial charge is 0.0920 e. The Kier molecular flexibility index (Phi) is 3.47. The molecule has 2 nitrogen and oxygen atoms in total. The molecule has 0 bridgehead atoms. The van der Waals surface area contributed by atoms with E-state index in [9.17, 15) is 5.11 Å². The summed E-state index contributed by atoms with van der Waals surface area (Å²) in [5, 5.41) is 17.9. The van der Waals surface area contributed by atoms with E-state index in [4.69, 9.17) is 5.26 Å². The van der Waals surface area contributed by atoms with Gasteiger partial charge in [0.1, 0.15) is 0 Å². The van der Waals surface area contributed by atoms with E-state index in [2.05, 4.69) is 15.9 Å². The maximum atomic E-state index is 9.50. The van der Waals surface area contributed by atoms with Crippen LogP contribution in [0.5, 0.6) is 0 Å². The Morgan fingerprint density at radius 3 is 2.85 bits per heavy atom. The topological polar surface area (TPSA) is 44.0 Å². The van der Waals surface area contributed by atoms with Gasteiger partial charge in [0.15, 0.2) is 0 Å². The van der Waals surface area contributed by atoms with E-state index in [-0.39, 0.29) is 6.42 Å². The van der Waals surface area contributed by atoms with Gasteiger partial charge < -0.3 is 5.11 Å². The summed E-state index contributed by atoms with van der Waals surface area (Å²) >= 11 is 3.37. The molecular weight excluding hydrogens is 230 g/mol. The Morgan fingerprint density at radius 2 is 2.31 bits per heavy atom. The van der Waals surface area contributed by atoms with Crippen LogP contribution in [0.25, 0.3) is 0 Å². The molecule has 0 aliphatic heterocycles. The Labute approximate surface area is 85.9 Å². The van der Waals surface area contributed by atoms with Crippen LogP contribution < -0.4 is 0 Å². The number of nitriles is 1. The van der Waals surface area contributed by atoms with Crippen molar-refractivity contribution >= 4 is 15.9 Å². The highest BCUT2D eigenvalue weighted by molar-refractivity contribution is 9.10. The number of hydrogen-bond donors (Lipinski definition) is 1. The highest BCUT2D eigenvalue weighted by Crippen LogP contribution is 2.22. The molecule has 1 aromatic carbocycles. The standard InChI is InChI=1S/C10H10BrNO/c1-7-6-8(2-3-9(7)11)10(13)4-5-12/h2-3,6,10,13H,4H2,1H3. The third-order valence-corrected chi connectivity index (χ3v) is 2.74. The predicted octanol–water partition coefficient (Wildman–Crippen LogP) is 2.70. The van der Waals surface area contributed by atoms with E-state index in [0.29, 0.717) is 0 Å². The minimum atomic E-state index is -0.670. The Hall–Kier alpha value is -0.850. The van der Waals surface area contributed by atoms with E-state index >= 15 is 0 Å². The maximum absolute atomic E-state index is 9.50. The first-order valence-electron chi connectivity index (χ1n) is 3.96. The Morgan fingerprint density at radius 1 is 1.62 bits per heavy atom. The maximum Gasteiger partial charge on any atom is 0.0920 e. The van der Waals surface area contributed by atoms with Crippen molar-refractivity contribution in [3.8, 4) is 6.07 Å². The van der Waals surface area contributed by atoms with Crippen molar-refractivity contribution in [1.29, 1.82) is 5.26 Å². The zero-order valence-corrected chi connectivity index (χ0v) is 8.87. The molecule has 0 aliphatic carbocycles. The lowest BCUT2D eigenvalue weighted by Gasteiger charge is -2.08. The van der Waals surface area contributed by atoms with Gasteiger partial charge in [-0.05, 0) is 24.1 Å². The number of hydrogen-bond acceptors (Lipinski definition) is 2. The molecule has 0 radical (unpaired) electrons. The third kappa shape index (κ3) is 2.55. The van der Waals surface area contributed by atoms with Crippen molar-refractivity contribution in [2.45, 2.75) is 19.4 Å². The van der Waals surface area contributed by atoms with Gasteiger partial charge in [0.05, 0.1) is 18.6 Å². The second-order valence-electron chi connectivity index (χ2n) is 2.89. The zero-order chi connectivity index (χ0) is 9.84. The number of benzene rings is 1. The van der Waals surface area contributed by atoms with Crippen molar-refractivity contribution in [2.75, 3.05) is 0 Å². The molecule has 0 spiro atoms. The van der Waals surface area contributed by atoms with Gasteiger partial charge in [-0.2, -0.15) is 5.26 Å². The largest absolute Gasteiger partial charge is 0.387 e. The quantitative estimate of drug-likeness (QED) is 0.863. The van der Waals surface area contributed by atoms with Gasteiger partial charge in [0.2, 0.25) is 0 Å². The van der Waals surface area contributed by atoms with Gasteiger partial charge in [0.25, 0.3) is 0 Å². The number of aliphatic hydroxyl groups is 1. The van der Waals surface area contributed by atoms with Crippen LogP contribution in [-0.2, 0) is 0 Å². The van der Waals surface area contributed by atoms with Crippen molar-refractivity contribution in [2.24, 2.45) is 0 Å². The van der Waals surface area contributed by atoms with Crippen LogP contribution in [0, 0.1) is 18.3 Å². The van der Waals surface area contributed by atoms with Crippen LogP contribution in [0.15, 0.2) is 22.7 Å². The lowest BCUT2D eigenvalue weighted by molar-refractivity contribution is 0.183. The number of aryl methyl sites for hydroxylation is 1. The number of aliphatic hydroxyl groups excluding tert-OH is 1. The van der Waals surface area contributed by atoms with Gasteiger partial charge >= 0.3 is 0 Å². The number of halogens is 1. The molecule has 68 valence electrons. The molecule has 0 aromatic heterocycles. The molecule has 1 atom stereocenters. The SMILES string of the molecule is Cc1cc(C(O)CC#N)ccc1Br. The summed E-state index contributed by atoms with van der Waals surface area (Å²) in [6.07, 6.45) is -0.530. The van der Waals surface area contributed by atoms with Crippen molar-refractivity contribution < 1.29 is 5.11 Å². The minimum Gasteiger partial charge on any atom is -0.387 e.